The van der Waals surface area contributed by atoms with E-state index in [0.717, 1.165) is 39.0 Å². The highest BCUT2D eigenvalue weighted by molar-refractivity contribution is 7.99. The number of amides is 2. The maximum absolute atomic E-state index is 13.6. The van der Waals surface area contributed by atoms with Gasteiger partial charge in [0, 0.05) is 18.8 Å². The zero-order valence-corrected chi connectivity index (χ0v) is 20.7. The monoisotopic (exact) mass is 494 g/mol. The highest BCUT2D eigenvalue weighted by atomic mass is 32.2. The number of carbonyl (C=O) groups is 2. The van der Waals surface area contributed by atoms with Crippen LogP contribution in [0, 0.1) is 13.8 Å². The van der Waals surface area contributed by atoms with E-state index in [4.69, 9.17) is 4.74 Å². The summed E-state index contributed by atoms with van der Waals surface area (Å²) in [6.45, 7) is 5.58. The molecule has 1 aromatic heterocycles. The smallest absolute Gasteiger partial charge is 0.275 e. The summed E-state index contributed by atoms with van der Waals surface area (Å²) in [6, 6.07) is 13.5. The molecule has 0 unspecified atom stereocenters. The van der Waals surface area contributed by atoms with Crippen LogP contribution in [0.2, 0.25) is 0 Å². The molecule has 0 radical (unpaired) electrons. The van der Waals surface area contributed by atoms with Crippen molar-refractivity contribution in [1.82, 2.24) is 15.2 Å². The van der Waals surface area contributed by atoms with Crippen molar-refractivity contribution >= 4 is 40.6 Å². The molecule has 5 rings (SSSR count). The van der Waals surface area contributed by atoms with Gasteiger partial charge in [-0.3, -0.25) is 9.59 Å². The quantitative estimate of drug-likeness (QED) is 0.554. The number of aryl methyl sites for hydroxylation is 2. The predicted molar refractivity (Wildman–Crippen MR) is 137 cm³/mol. The molecule has 34 heavy (non-hydrogen) atoms. The Hall–Kier alpha value is -3.04. The second kappa shape index (κ2) is 9.68. The average Bonchev–Trinajstić information content (AvgIpc) is 3.48. The molecule has 2 aromatic carbocycles. The number of aromatic nitrogens is 1. The fourth-order valence-electron chi connectivity index (χ4n) is 4.22. The molecule has 2 aliphatic heterocycles. The van der Waals surface area contributed by atoms with Crippen LogP contribution >= 0.6 is 23.1 Å². The molecular weight excluding hydrogens is 468 g/mol. The van der Waals surface area contributed by atoms with E-state index in [2.05, 4.69) is 21.7 Å². The lowest BCUT2D eigenvalue weighted by molar-refractivity contribution is 0.0731. The minimum Gasteiger partial charge on any atom is -0.489 e. The third-order valence-electron chi connectivity index (χ3n) is 5.88. The van der Waals surface area contributed by atoms with Crippen molar-refractivity contribution in [3.63, 3.8) is 0 Å². The lowest BCUT2D eigenvalue weighted by Gasteiger charge is -2.25. The number of hydrogen-bond donors (Lipinski definition) is 2. The molecule has 0 spiro atoms. The lowest BCUT2D eigenvalue weighted by atomic mass is 10.1. The van der Waals surface area contributed by atoms with E-state index < -0.39 is 0 Å². The maximum atomic E-state index is 13.6. The number of para-hydroxylation sites is 1. The number of hydrogen-bond acceptors (Lipinski definition) is 7. The van der Waals surface area contributed by atoms with E-state index in [1.165, 1.54) is 11.3 Å². The van der Waals surface area contributed by atoms with Gasteiger partial charge in [-0.1, -0.05) is 35.9 Å². The molecule has 2 N–H and O–H groups in total. The number of fused-ring (bicyclic) bond motifs is 1. The summed E-state index contributed by atoms with van der Waals surface area (Å²) < 4.78 is 5.73. The number of nitrogens with one attached hydrogen (secondary N) is 2. The Bertz CT molecular complexity index is 1240. The van der Waals surface area contributed by atoms with Crippen molar-refractivity contribution in [2.45, 2.75) is 19.9 Å². The molecule has 7 nitrogen and oxygen atoms in total. The normalized spacial score (nSPS) is 17.0. The summed E-state index contributed by atoms with van der Waals surface area (Å²) in [7, 11) is 0. The molecule has 1 fully saturated rings. The molecule has 1 atom stereocenters. The highest BCUT2D eigenvalue weighted by Gasteiger charge is 2.33. The minimum atomic E-state index is -0.199. The van der Waals surface area contributed by atoms with Gasteiger partial charge in [-0.2, -0.15) is 0 Å². The lowest BCUT2D eigenvalue weighted by Crippen LogP contribution is -2.44. The van der Waals surface area contributed by atoms with Gasteiger partial charge in [0.2, 0.25) is 0 Å². The number of nitrogens with zero attached hydrogens (tertiary/aromatic N) is 2. The summed E-state index contributed by atoms with van der Waals surface area (Å²) in [5.74, 6) is 1.64. The van der Waals surface area contributed by atoms with Gasteiger partial charge in [0.15, 0.2) is 5.75 Å². The largest absolute Gasteiger partial charge is 0.489 e. The number of benzene rings is 2. The molecule has 9 heteroatoms. The number of thioether (sulfide) groups is 1. The zero-order valence-electron chi connectivity index (χ0n) is 19.1. The Balaban J connectivity index is 1.32. The first kappa shape index (κ1) is 22.7. The van der Waals surface area contributed by atoms with E-state index in [-0.39, 0.29) is 17.9 Å². The number of carbonyl (C=O) groups excluding carboxylic acids is 2. The van der Waals surface area contributed by atoms with Crippen LogP contribution in [0.3, 0.4) is 0 Å². The van der Waals surface area contributed by atoms with Crippen molar-refractivity contribution in [3.8, 4) is 16.2 Å². The summed E-state index contributed by atoms with van der Waals surface area (Å²) >= 11 is 3.23. The molecule has 3 aromatic rings. The fourth-order valence-corrected chi connectivity index (χ4v) is 6.33. The third-order valence-corrected chi connectivity index (χ3v) is 7.98. The van der Waals surface area contributed by atoms with Gasteiger partial charge in [0.25, 0.3) is 11.8 Å². The predicted octanol–water partition coefficient (Wildman–Crippen LogP) is 4.18. The van der Waals surface area contributed by atoms with Crippen LogP contribution in [-0.4, -0.2) is 59.1 Å². The molecule has 0 aliphatic carbocycles. The Morgan fingerprint density at radius 1 is 1.24 bits per heavy atom. The van der Waals surface area contributed by atoms with Gasteiger partial charge >= 0.3 is 0 Å². The highest BCUT2D eigenvalue weighted by Crippen LogP contribution is 2.34. The molecule has 1 saturated heterocycles. The fraction of sp³-hybridized carbons (Fsp3) is 0.320. The second-order valence-electron chi connectivity index (χ2n) is 8.38. The van der Waals surface area contributed by atoms with Gasteiger partial charge in [0.05, 0.1) is 33.1 Å². The van der Waals surface area contributed by atoms with Gasteiger partial charge < -0.3 is 20.3 Å². The van der Waals surface area contributed by atoms with Crippen molar-refractivity contribution in [2.75, 3.05) is 36.6 Å². The number of rotatable bonds is 5. The Labute approximate surface area is 206 Å². The van der Waals surface area contributed by atoms with Crippen LogP contribution in [0.5, 0.6) is 5.75 Å². The van der Waals surface area contributed by atoms with E-state index >= 15 is 0 Å². The van der Waals surface area contributed by atoms with Gasteiger partial charge in [0.1, 0.15) is 12.3 Å². The first-order valence-electron chi connectivity index (χ1n) is 11.2. The topological polar surface area (TPSA) is 83.6 Å². The Morgan fingerprint density at radius 2 is 2.09 bits per heavy atom. The number of ether oxygens (including phenoxy) is 1. The summed E-state index contributed by atoms with van der Waals surface area (Å²) in [6.07, 6.45) is 0. The molecule has 0 saturated carbocycles. The molecule has 2 aliphatic rings. The Morgan fingerprint density at radius 3 is 2.94 bits per heavy atom. The van der Waals surface area contributed by atoms with Gasteiger partial charge in [-0.15, -0.1) is 23.1 Å². The van der Waals surface area contributed by atoms with Crippen LogP contribution in [0.1, 0.15) is 31.4 Å². The Kier molecular flexibility index (Phi) is 6.47. The minimum absolute atomic E-state index is 0.0882. The van der Waals surface area contributed by atoms with E-state index in [9.17, 15) is 9.59 Å². The molecule has 0 bridgehead atoms. The zero-order chi connectivity index (χ0) is 23.7. The van der Waals surface area contributed by atoms with Gasteiger partial charge in [-0.25, -0.2) is 4.98 Å². The van der Waals surface area contributed by atoms with Crippen molar-refractivity contribution in [1.29, 1.82) is 0 Å². The van der Waals surface area contributed by atoms with E-state index in [0.29, 0.717) is 36.0 Å². The average molecular weight is 495 g/mol. The second-order valence-corrected chi connectivity index (χ2v) is 10.6. The standard InChI is InChI=1S/C25H26N4O3S2/c1-15-5-3-6-17(11-15)23-21(28-16(2)34-23)25(31)29-14-33-13-18(29)12-27-24(30)19-7-4-8-20-22(19)32-10-9-26-20/h3-8,11,18,26H,9-10,12-14H2,1-2H3,(H,27,30)/t18-/m1/s1. The van der Waals surface area contributed by atoms with Gasteiger partial charge in [-0.05, 0) is 31.5 Å². The maximum Gasteiger partial charge on any atom is 0.275 e. The van der Waals surface area contributed by atoms with E-state index in [1.54, 1.807) is 17.8 Å². The number of thiazole rings is 1. The molecule has 2 amide bonds. The summed E-state index contributed by atoms with van der Waals surface area (Å²) in [5.41, 5.74) is 3.97. The van der Waals surface area contributed by atoms with Crippen LogP contribution < -0.4 is 15.4 Å². The first-order chi connectivity index (χ1) is 16.5. The van der Waals surface area contributed by atoms with Crippen molar-refractivity contribution < 1.29 is 14.3 Å². The van der Waals surface area contributed by atoms with Crippen LogP contribution in [0.15, 0.2) is 42.5 Å². The SMILES string of the molecule is Cc1cccc(-c2sc(C)nc2C(=O)N2CSC[C@H]2CNC(=O)c2cccc3c2OCCN3)c1. The van der Waals surface area contributed by atoms with E-state index in [1.807, 2.05) is 49.1 Å². The van der Waals surface area contributed by atoms with Crippen LogP contribution in [0.25, 0.3) is 10.4 Å². The summed E-state index contributed by atoms with van der Waals surface area (Å²) in [5, 5.41) is 7.13. The van der Waals surface area contributed by atoms with Crippen LogP contribution in [0.4, 0.5) is 5.69 Å². The number of anilines is 1. The summed E-state index contributed by atoms with van der Waals surface area (Å²) in [4.78, 5) is 33.8. The molecule has 3 heterocycles. The molecular formula is C25H26N4O3S2. The van der Waals surface area contributed by atoms with Crippen LogP contribution in [-0.2, 0) is 0 Å². The van der Waals surface area contributed by atoms with Crippen molar-refractivity contribution in [2.24, 2.45) is 0 Å². The van der Waals surface area contributed by atoms with Crippen molar-refractivity contribution in [3.05, 3.63) is 64.3 Å². The molecule has 176 valence electrons. The first-order valence-corrected chi connectivity index (χ1v) is 13.2. The third kappa shape index (κ3) is 4.50.